The first-order valence-electron chi connectivity index (χ1n) is 4.47. The molecule has 0 aromatic heterocycles. The van der Waals surface area contributed by atoms with Crippen LogP contribution in [0.5, 0.6) is 0 Å². The van der Waals surface area contributed by atoms with E-state index in [2.05, 4.69) is 20.9 Å². The number of aliphatic imine (C=N–C) groups is 1. The molecule has 1 aliphatic rings. The van der Waals surface area contributed by atoms with E-state index in [-0.39, 0.29) is 5.82 Å². The van der Waals surface area contributed by atoms with Crippen LogP contribution in [0.25, 0.3) is 0 Å². The summed E-state index contributed by atoms with van der Waals surface area (Å²) in [6, 6.07) is 3.54. The van der Waals surface area contributed by atoms with Crippen LogP contribution in [-0.2, 0) is 4.79 Å². The van der Waals surface area contributed by atoms with Crippen LogP contribution >= 0.6 is 27.7 Å². The molecule has 1 aromatic carbocycles. The van der Waals surface area contributed by atoms with Gasteiger partial charge in [0, 0.05) is 15.8 Å². The zero-order valence-electron chi connectivity index (χ0n) is 7.98. The van der Waals surface area contributed by atoms with Gasteiger partial charge in [-0.05, 0) is 18.2 Å². The quantitative estimate of drug-likeness (QED) is 0.913. The van der Waals surface area contributed by atoms with Crippen molar-refractivity contribution in [3.05, 3.63) is 34.1 Å². The molecule has 1 aromatic rings. The summed E-state index contributed by atoms with van der Waals surface area (Å²) in [7, 11) is 0. The van der Waals surface area contributed by atoms with Crippen molar-refractivity contribution in [2.45, 2.75) is 6.04 Å². The maximum atomic E-state index is 13.1. The molecular formula is C10H7BrFNO2S. The normalized spacial score (nSPS) is 19.6. The Balaban J connectivity index is 2.35. The van der Waals surface area contributed by atoms with E-state index in [1.807, 2.05) is 0 Å². The summed E-state index contributed by atoms with van der Waals surface area (Å²) in [4.78, 5) is 14.8. The molecule has 0 radical (unpaired) electrons. The zero-order valence-corrected chi connectivity index (χ0v) is 10.4. The monoisotopic (exact) mass is 303 g/mol. The van der Waals surface area contributed by atoms with Crippen molar-refractivity contribution in [3.8, 4) is 0 Å². The smallest absolute Gasteiger partial charge is 0.329 e. The van der Waals surface area contributed by atoms with Crippen molar-refractivity contribution in [3.63, 3.8) is 0 Å². The maximum absolute atomic E-state index is 13.1. The number of rotatable bonds is 2. The largest absolute Gasteiger partial charge is 0.480 e. The van der Waals surface area contributed by atoms with Gasteiger partial charge in [0.1, 0.15) is 10.9 Å². The molecule has 0 aliphatic carbocycles. The van der Waals surface area contributed by atoms with Crippen LogP contribution in [0, 0.1) is 5.82 Å². The van der Waals surface area contributed by atoms with Crippen LogP contribution in [0.3, 0.4) is 0 Å². The van der Waals surface area contributed by atoms with Crippen LogP contribution in [0.1, 0.15) is 5.56 Å². The Morgan fingerprint density at radius 1 is 1.62 bits per heavy atom. The molecule has 0 amide bonds. The number of hydrogen-bond acceptors (Lipinski definition) is 3. The number of carbonyl (C=O) groups is 1. The number of hydrogen-bond donors (Lipinski definition) is 1. The van der Waals surface area contributed by atoms with Crippen molar-refractivity contribution >= 4 is 38.7 Å². The molecule has 1 aliphatic heterocycles. The highest BCUT2D eigenvalue weighted by molar-refractivity contribution is 9.10. The van der Waals surface area contributed by atoms with Gasteiger partial charge < -0.3 is 5.11 Å². The average Bonchev–Trinajstić information content (AvgIpc) is 2.70. The van der Waals surface area contributed by atoms with Gasteiger partial charge in [0.2, 0.25) is 0 Å². The fourth-order valence-electron chi connectivity index (χ4n) is 1.31. The van der Waals surface area contributed by atoms with Crippen LogP contribution in [-0.4, -0.2) is 27.9 Å². The SMILES string of the molecule is O=C(O)C1CSC(c2cc(F)ccc2Br)=N1. The van der Waals surface area contributed by atoms with Crippen LogP contribution in [0.2, 0.25) is 0 Å². The summed E-state index contributed by atoms with van der Waals surface area (Å²) >= 11 is 4.62. The van der Waals surface area contributed by atoms with E-state index in [1.165, 1.54) is 23.9 Å². The van der Waals surface area contributed by atoms with Gasteiger partial charge in [-0.1, -0.05) is 15.9 Å². The predicted molar refractivity (Wildman–Crippen MR) is 64.5 cm³/mol. The van der Waals surface area contributed by atoms with E-state index >= 15 is 0 Å². The molecule has 2 rings (SSSR count). The van der Waals surface area contributed by atoms with E-state index in [9.17, 15) is 9.18 Å². The number of nitrogens with zero attached hydrogens (tertiary/aromatic N) is 1. The van der Waals surface area contributed by atoms with E-state index in [0.717, 1.165) is 0 Å². The first kappa shape index (κ1) is 11.6. The third kappa shape index (κ3) is 2.27. The number of thioether (sulfide) groups is 1. The summed E-state index contributed by atoms with van der Waals surface area (Å²) < 4.78 is 13.8. The van der Waals surface area contributed by atoms with Crippen LogP contribution in [0.4, 0.5) is 4.39 Å². The Morgan fingerprint density at radius 2 is 2.38 bits per heavy atom. The zero-order chi connectivity index (χ0) is 11.7. The highest BCUT2D eigenvalue weighted by Gasteiger charge is 2.26. The van der Waals surface area contributed by atoms with E-state index < -0.39 is 12.0 Å². The van der Waals surface area contributed by atoms with E-state index in [4.69, 9.17) is 5.11 Å². The standard InChI is InChI=1S/C10H7BrFNO2S/c11-7-2-1-5(12)3-6(7)9-13-8(4-16-9)10(14)15/h1-3,8H,4H2,(H,14,15). The number of aliphatic carboxylic acids is 1. The summed E-state index contributed by atoms with van der Waals surface area (Å²) in [5, 5.41) is 9.36. The third-order valence-electron chi connectivity index (χ3n) is 2.09. The van der Waals surface area contributed by atoms with Crippen molar-refractivity contribution < 1.29 is 14.3 Å². The Labute approximate surface area is 104 Å². The first-order valence-corrected chi connectivity index (χ1v) is 6.24. The molecule has 0 bridgehead atoms. The van der Waals surface area contributed by atoms with Gasteiger partial charge in [0.25, 0.3) is 0 Å². The highest BCUT2D eigenvalue weighted by atomic mass is 79.9. The number of carboxylic acid groups (broad SMARTS) is 1. The minimum atomic E-state index is -0.949. The molecule has 1 heterocycles. The van der Waals surface area contributed by atoms with Gasteiger partial charge in [-0.15, -0.1) is 11.8 Å². The van der Waals surface area contributed by atoms with Gasteiger partial charge in [-0.3, -0.25) is 4.99 Å². The van der Waals surface area contributed by atoms with Gasteiger partial charge in [0.15, 0.2) is 6.04 Å². The molecule has 0 saturated carbocycles. The van der Waals surface area contributed by atoms with E-state index in [0.29, 0.717) is 20.8 Å². The predicted octanol–water partition coefficient (Wildman–Crippen LogP) is 2.53. The minimum absolute atomic E-state index is 0.361. The molecule has 0 saturated heterocycles. The molecule has 3 nitrogen and oxygen atoms in total. The Bertz CT molecular complexity index is 478. The first-order chi connectivity index (χ1) is 7.58. The van der Waals surface area contributed by atoms with Gasteiger partial charge >= 0.3 is 5.97 Å². The fraction of sp³-hybridized carbons (Fsp3) is 0.200. The van der Waals surface area contributed by atoms with Crippen LogP contribution < -0.4 is 0 Å². The number of carboxylic acids is 1. The van der Waals surface area contributed by atoms with Gasteiger partial charge in [-0.25, -0.2) is 9.18 Å². The summed E-state index contributed by atoms with van der Waals surface area (Å²) in [5.74, 6) is -0.913. The summed E-state index contributed by atoms with van der Waals surface area (Å²) in [6.07, 6.45) is 0. The number of halogens is 2. The molecule has 1 unspecified atom stereocenters. The van der Waals surface area contributed by atoms with Crippen LogP contribution in [0.15, 0.2) is 27.7 Å². The summed E-state index contributed by atoms with van der Waals surface area (Å²) in [5.41, 5.74) is 0.605. The molecule has 0 fully saturated rings. The molecule has 84 valence electrons. The molecule has 0 spiro atoms. The lowest BCUT2D eigenvalue weighted by atomic mass is 10.2. The second-order valence-corrected chi connectivity index (χ2v) is 5.09. The van der Waals surface area contributed by atoms with Crippen molar-refractivity contribution in [2.75, 3.05) is 5.75 Å². The molecule has 1 N–H and O–H groups in total. The van der Waals surface area contributed by atoms with Gasteiger partial charge in [0.05, 0.1) is 0 Å². The average molecular weight is 304 g/mol. The topological polar surface area (TPSA) is 49.7 Å². The molecule has 6 heteroatoms. The Kier molecular flexibility index (Phi) is 3.30. The van der Waals surface area contributed by atoms with Crippen molar-refractivity contribution in [1.82, 2.24) is 0 Å². The molecular weight excluding hydrogens is 297 g/mol. The second kappa shape index (κ2) is 4.55. The van der Waals surface area contributed by atoms with E-state index in [1.54, 1.807) is 6.07 Å². The third-order valence-corrected chi connectivity index (χ3v) is 3.87. The molecule has 16 heavy (non-hydrogen) atoms. The minimum Gasteiger partial charge on any atom is -0.480 e. The lowest BCUT2D eigenvalue weighted by Gasteiger charge is -2.02. The second-order valence-electron chi connectivity index (χ2n) is 3.22. The lowest BCUT2D eigenvalue weighted by Crippen LogP contribution is -2.17. The number of benzene rings is 1. The van der Waals surface area contributed by atoms with Gasteiger partial charge in [-0.2, -0.15) is 0 Å². The highest BCUT2D eigenvalue weighted by Crippen LogP contribution is 2.28. The lowest BCUT2D eigenvalue weighted by molar-refractivity contribution is -0.137. The fourth-order valence-corrected chi connectivity index (χ4v) is 2.93. The Morgan fingerprint density at radius 3 is 3.00 bits per heavy atom. The summed E-state index contributed by atoms with van der Waals surface area (Å²) in [6.45, 7) is 0. The molecule has 1 atom stereocenters. The maximum Gasteiger partial charge on any atom is 0.329 e. The van der Waals surface area contributed by atoms with Crippen molar-refractivity contribution in [1.29, 1.82) is 0 Å². The van der Waals surface area contributed by atoms with Crippen molar-refractivity contribution in [2.24, 2.45) is 4.99 Å². The Hall–Kier alpha value is -0.880.